The van der Waals surface area contributed by atoms with Gasteiger partial charge in [-0.1, -0.05) is 197 Å². The Bertz CT molecular complexity index is 3650. The van der Waals surface area contributed by atoms with E-state index in [1.165, 1.54) is 147 Å². The van der Waals surface area contributed by atoms with Gasteiger partial charge in [0.05, 0.1) is 10.7 Å². The third kappa shape index (κ3) is 8.07. The fourth-order valence-corrected chi connectivity index (χ4v) is 14.9. The van der Waals surface area contributed by atoms with Gasteiger partial charge >= 0.3 is 6.85 Å². The molecule has 3 heterocycles. The molecular weight excluding hydrogens is 936 g/mol. The zero-order valence-electron chi connectivity index (χ0n) is 48.9. The Kier molecular flexibility index (Phi) is 11.3. The molecule has 4 heteroatoms. The third-order valence-corrected chi connectivity index (χ3v) is 20.0. The smallest absolute Gasteiger partial charge is 0.334 e. The van der Waals surface area contributed by atoms with Crippen molar-refractivity contribution >= 4 is 66.9 Å². The van der Waals surface area contributed by atoms with E-state index >= 15 is 0 Å². The molecule has 0 spiro atoms. The van der Waals surface area contributed by atoms with Crippen LogP contribution in [0.2, 0.25) is 0 Å². The summed E-state index contributed by atoms with van der Waals surface area (Å²) in [5.41, 5.74) is 25.7. The van der Waals surface area contributed by atoms with Crippen molar-refractivity contribution in [2.24, 2.45) is 0 Å². The minimum Gasteiger partial charge on any atom is -0.376 e. The molecule has 8 aromatic rings. The Morgan fingerprint density at radius 3 is 1.57 bits per heavy atom. The van der Waals surface area contributed by atoms with Gasteiger partial charge in [-0.05, 0) is 196 Å². The van der Waals surface area contributed by atoms with E-state index in [0.29, 0.717) is 0 Å². The predicted octanol–water partition coefficient (Wildman–Crippen LogP) is 19.5. The highest BCUT2D eigenvalue weighted by molar-refractivity contribution is 7.26. The van der Waals surface area contributed by atoms with Crippen molar-refractivity contribution in [3.8, 4) is 33.4 Å². The molecule has 0 N–H and O–H groups in total. The molecule has 7 aromatic carbocycles. The Labute approximate surface area is 461 Å². The number of anilines is 5. The first-order chi connectivity index (χ1) is 35.5. The maximum absolute atomic E-state index is 2.81. The van der Waals surface area contributed by atoms with Gasteiger partial charge in [0.15, 0.2) is 0 Å². The molecule has 388 valence electrons. The molecule has 0 fully saturated rings. The summed E-state index contributed by atoms with van der Waals surface area (Å²) in [5, 5.41) is 2.72. The topological polar surface area (TPSA) is 6.48 Å². The molecule has 0 amide bonds. The number of hydrogen-bond donors (Lipinski definition) is 0. The SMILES string of the molecule is CC(C)(C)c1ccc(-c2ccc3c(c2)-c2cc(C(C)(C)C)cc4c2B(c2c(sc5cc6c(cc25)C(C)(C)CCC6(C)C)N4c2ccc(C(C)(C)C)cc2-c2ccccc2)N3c2ccc3c(c2)C(C)(C)CCC3(C)C)cc1. The molecule has 0 saturated carbocycles. The van der Waals surface area contributed by atoms with Gasteiger partial charge in [-0.2, -0.15) is 0 Å². The van der Waals surface area contributed by atoms with Crippen LogP contribution >= 0.6 is 11.3 Å². The van der Waals surface area contributed by atoms with E-state index in [9.17, 15) is 0 Å². The maximum Gasteiger partial charge on any atom is 0.334 e. The number of nitrogens with zero attached hydrogens (tertiary/aromatic N) is 2. The van der Waals surface area contributed by atoms with Crippen LogP contribution in [0.15, 0.2) is 133 Å². The monoisotopic (exact) mass is 1020 g/mol. The van der Waals surface area contributed by atoms with E-state index in [1.54, 1.807) is 0 Å². The lowest BCUT2D eigenvalue weighted by Gasteiger charge is -2.47. The summed E-state index contributed by atoms with van der Waals surface area (Å²) in [6.45, 7) is 40.9. The van der Waals surface area contributed by atoms with Crippen LogP contribution < -0.4 is 20.6 Å². The standard InChI is InChI=1S/C72H81BN2S/c1-66(2,3)47-26-23-44(24-27-47)46-25-31-60-52(37-46)53-39-49(68(7,8)9)40-61-63(53)73(75(60)50-29-30-55-56(41-50)70(12,13)34-33-69(55,10)11)64-54-42-57-58(72(16,17)36-35-71(57,14)15)43-62(54)76-65(64)74(61)59-32-28-48(67(4,5)6)38-51(59)45-21-19-18-20-22-45/h18-32,37-43H,33-36H2,1-17H3. The first kappa shape index (κ1) is 51.0. The van der Waals surface area contributed by atoms with Gasteiger partial charge in [0, 0.05) is 32.9 Å². The van der Waals surface area contributed by atoms with Gasteiger partial charge in [-0.25, -0.2) is 0 Å². The molecule has 0 bridgehead atoms. The van der Waals surface area contributed by atoms with Crippen LogP contribution in [-0.2, 0) is 37.9 Å². The Hall–Kier alpha value is -5.84. The first-order valence-electron chi connectivity index (χ1n) is 28.5. The van der Waals surface area contributed by atoms with Crippen molar-refractivity contribution in [2.45, 2.75) is 181 Å². The van der Waals surface area contributed by atoms with Crippen LogP contribution in [0, 0.1) is 0 Å². The van der Waals surface area contributed by atoms with Gasteiger partial charge in [0.25, 0.3) is 0 Å². The summed E-state index contributed by atoms with van der Waals surface area (Å²) in [7, 11) is 0. The fraction of sp³-hybridized carbons (Fsp3) is 0.389. The molecular formula is C72H81BN2S. The maximum atomic E-state index is 2.81. The van der Waals surface area contributed by atoms with Crippen molar-refractivity contribution < 1.29 is 0 Å². The Balaban J connectivity index is 1.24. The number of fused-ring (bicyclic) bond motifs is 8. The number of rotatable bonds is 4. The summed E-state index contributed by atoms with van der Waals surface area (Å²) in [6.07, 6.45) is 4.71. The summed E-state index contributed by atoms with van der Waals surface area (Å²) in [6, 6.07) is 53.5. The van der Waals surface area contributed by atoms with Crippen molar-refractivity contribution in [1.82, 2.24) is 0 Å². The minimum atomic E-state index is -0.129. The molecule has 0 saturated heterocycles. The zero-order valence-corrected chi connectivity index (χ0v) is 49.7. The molecule has 0 radical (unpaired) electrons. The Morgan fingerprint density at radius 2 is 0.947 bits per heavy atom. The Morgan fingerprint density at radius 1 is 0.408 bits per heavy atom. The average molecular weight is 1020 g/mol. The van der Waals surface area contributed by atoms with Crippen molar-refractivity contribution in [1.29, 1.82) is 0 Å². The second-order valence-corrected chi connectivity index (χ2v) is 30.2. The van der Waals surface area contributed by atoms with Gasteiger partial charge in [0.2, 0.25) is 0 Å². The minimum absolute atomic E-state index is 0.0323. The summed E-state index contributed by atoms with van der Waals surface area (Å²) in [5.74, 6) is 0. The summed E-state index contributed by atoms with van der Waals surface area (Å²) in [4.78, 5) is 5.55. The van der Waals surface area contributed by atoms with E-state index in [-0.39, 0.29) is 44.8 Å². The van der Waals surface area contributed by atoms with Crippen LogP contribution in [0.3, 0.4) is 0 Å². The molecule has 76 heavy (non-hydrogen) atoms. The molecule has 12 rings (SSSR count). The second kappa shape index (κ2) is 16.8. The highest BCUT2D eigenvalue weighted by Gasteiger charge is 2.50. The van der Waals surface area contributed by atoms with Crippen LogP contribution in [0.25, 0.3) is 43.5 Å². The average Bonchev–Trinajstić information content (AvgIpc) is 3.74. The number of hydrogen-bond acceptors (Lipinski definition) is 3. The van der Waals surface area contributed by atoms with Crippen LogP contribution in [-0.4, -0.2) is 6.85 Å². The first-order valence-corrected chi connectivity index (χ1v) is 29.3. The molecule has 2 aliphatic heterocycles. The lowest BCUT2D eigenvalue weighted by molar-refractivity contribution is 0.332. The van der Waals surface area contributed by atoms with Crippen molar-refractivity contribution in [3.05, 3.63) is 172 Å². The van der Waals surface area contributed by atoms with Crippen molar-refractivity contribution in [2.75, 3.05) is 9.71 Å². The highest BCUT2D eigenvalue weighted by Crippen LogP contribution is 2.56. The van der Waals surface area contributed by atoms with Gasteiger partial charge in [-0.3, -0.25) is 0 Å². The van der Waals surface area contributed by atoms with Gasteiger partial charge in [-0.15, -0.1) is 11.3 Å². The zero-order chi connectivity index (χ0) is 54.0. The van der Waals surface area contributed by atoms with Crippen LogP contribution in [0.1, 0.15) is 182 Å². The summed E-state index contributed by atoms with van der Waals surface area (Å²) >= 11 is 2.02. The normalized spacial score (nSPS) is 17.9. The van der Waals surface area contributed by atoms with E-state index in [1.807, 2.05) is 11.3 Å². The van der Waals surface area contributed by atoms with Gasteiger partial charge in [0.1, 0.15) is 0 Å². The van der Waals surface area contributed by atoms with E-state index in [4.69, 9.17) is 0 Å². The third-order valence-electron chi connectivity index (χ3n) is 18.9. The van der Waals surface area contributed by atoms with E-state index < -0.39 is 0 Å². The largest absolute Gasteiger partial charge is 0.376 e. The highest BCUT2D eigenvalue weighted by atomic mass is 32.1. The molecule has 2 aliphatic carbocycles. The summed E-state index contributed by atoms with van der Waals surface area (Å²) < 4.78 is 1.38. The number of benzene rings is 7. The van der Waals surface area contributed by atoms with E-state index in [0.717, 1.165) is 0 Å². The molecule has 0 unspecified atom stereocenters. The number of thiophene rings is 1. The lowest BCUT2D eigenvalue weighted by atomic mass is 9.43. The van der Waals surface area contributed by atoms with Crippen LogP contribution in [0.4, 0.5) is 27.8 Å². The molecule has 4 aliphatic rings. The quantitative estimate of drug-likeness (QED) is 0.162. The molecule has 1 aromatic heterocycles. The van der Waals surface area contributed by atoms with Gasteiger partial charge < -0.3 is 9.71 Å². The predicted molar refractivity (Wildman–Crippen MR) is 333 cm³/mol. The molecule has 2 nitrogen and oxygen atoms in total. The fourth-order valence-electron chi connectivity index (χ4n) is 13.6. The molecule has 0 atom stereocenters. The van der Waals surface area contributed by atoms with Crippen LogP contribution in [0.5, 0.6) is 0 Å². The van der Waals surface area contributed by atoms with E-state index in [2.05, 4.69) is 261 Å². The second-order valence-electron chi connectivity index (χ2n) is 29.2. The van der Waals surface area contributed by atoms with Crippen molar-refractivity contribution in [3.63, 3.8) is 0 Å². The lowest BCUT2D eigenvalue weighted by Crippen LogP contribution is -2.61.